The Labute approximate surface area is 251 Å². The molecule has 2 aromatic rings. The van der Waals surface area contributed by atoms with Crippen LogP contribution in [0.25, 0.3) is 6.08 Å². The minimum absolute atomic E-state index is 0.125. The number of carbonyl (C=O) groups is 2. The molecule has 240 valence electrons. The lowest BCUT2D eigenvalue weighted by molar-refractivity contribution is -0.383. The van der Waals surface area contributed by atoms with Gasteiger partial charge in [0.05, 0.1) is 19.3 Å². The molecule has 7 N–H and O–H groups in total. The molecule has 0 bridgehead atoms. The van der Waals surface area contributed by atoms with Crippen molar-refractivity contribution in [2.24, 2.45) is 0 Å². The monoisotopic (exact) mass is 622 g/mol. The van der Waals surface area contributed by atoms with Crippen LogP contribution in [0.3, 0.4) is 0 Å². The van der Waals surface area contributed by atoms with Gasteiger partial charge in [-0.2, -0.15) is 0 Å². The summed E-state index contributed by atoms with van der Waals surface area (Å²) >= 11 is 0. The molecule has 15 nitrogen and oxygen atoms in total. The van der Waals surface area contributed by atoms with Crippen LogP contribution in [0.2, 0.25) is 0 Å². The van der Waals surface area contributed by atoms with Crippen LogP contribution in [-0.2, 0) is 28.5 Å². The minimum Gasteiger partial charge on any atom is -0.504 e. The van der Waals surface area contributed by atoms with Crippen LogP contribution in [0.15, 0.2) is 54.6 Å². The molecular weight excluding hydrogens is 588 g/mol. The van der Waals surface area contributed by atoms with E-state index in [0.29, 0.717) is 5.56 Å². The Morgan fingerprint density at radius 2 is 1.68 bits per heavy atom. The van der Waals surface area contributed by atoms with Gasteiger partial charge in [-0.1, -0.05) is 24.3 Å². The van der Waals surface area contributed by atoms with Crippen LogP contribution >= 0.6 is 0 Å². The Hall–Kier alpha value is -3.64. The maximum atomic E-state index is 12.7. The predicted octanol–water partition coefficient (Wildman–Crippen LogP) is -1.55. The van der Waals surface area contributed by atoms with E-state index in [-0.39, 0.29) is 17.1 Å². The number of methoxy groups -OCH3 is 1. The van der Waals surface area contributed by atoms with Gasteiger partial charge >= 0.3 is 11.9 Å². The number of rotatable bonds is 11. The third-order valence-electron chi connectivity index (χ3n) is 7.11. The molecule has 0 spiro atoms. The van der Waals surface area contributed by atoms with Crippen molar-refractivity contribution in [3.05, 3.63) is 65.7 Å². The molecule has 2 aliphatic heterocycles. The van der Waals surface area contributed by atoms with Crippen LogP contribution in [0.4, 0.5) is 0 Å². The van der Waals surface area contributed by atoms with E-state index in [1.165, 1.54) is 43.5 Å². The first kappa shape index (κ1) is 33.3. The lowest BCUT2D eigenvalue weighted by atomic mass is 9.98. The summed E-state index contributed by atoms with van der Waals surface area (Å²) in [4.78, 5) is 25.1. The molecule has 0 amide bonds. The number of hydrogen-bond donors (Lipinski definition) is 7. The highest BCUT2D eigenvalue weighted by molar-refractivity contribution is 5.89. The zero-order valence-corrected chi connectivity index (χ0v) is 23.4. The number of benzene rings is 2. The number of esters is 2. The molecule has 9 atom stereocenters. The van der Waals surface area contributed by atoms with E-state index < -0.39 is 86.6 Å². The normalized spacial score (nSPS) is 32.0. The summed E-state index contributed by atoms with van der Waals surface area (Å²) in [5.74, 6) is -4.22. The van der Waals surface area contributed by atoms with Crippen molar-refractivity contribution >= 4 is 18.0 Å². The molecule has 4 rings (SSSR count). The molecule has 2 heterocycles. The summed E-state index contributed by atoms with van der Waals surface area (Å²) in [6.07, 6.45) is -11.6. The Bertz CT molecular complexity index is 1300. The Balaban J connectivity index is 1.50. The van der Waals surface area contributed by atoms with Crippen molar-refractivity contribution in [3.8, 4) is 11.5 Å². The van der Waals surface area contributed by atoms with Gasteiger partial charge in [0.2, 0.25) is 5.79 Å². The van der Waals surface area contributed by atoms with Crippen LogP contribution in [-0.4, -0.2) is 129 Å². The molecule has 0 saturated carbocycles. The molecule has 0 aromatic heterocycles. The van der Waals surface area contributed by atoms with Gasteiger partial charge in [-0.3, -0.25) is 0 Å². The fraction of sp³-hybridized carbons (Fsp3) is 0.448. The summed E-state index contributed by atoms with van der Waals surface area (Å²) in [6, 6.07) is 12.2. The molecule has 0 radical (unpaired) electrons. The first-order valence-corrected chi connectivity index (χ1v) is 13.5. The van der Waals surface area contributed by atoms with Crippen molar-refractivity contribution in [2.75, 3.05) is 26.9 Å². The molecule has 0 unspecified atom stereocenters. The first-order chi connectivity index (χ1) is 21.0. The number of phenolic OH excluding ortho intramolecular Hbond substituents is 1. The summed E-state index contributed by atoms with van der Waals surface area (Å²) in [6.45, 7) is -2.48. The van der Waals surface area contributed by atoms with E-state index in [4.69, 9.17) is 28.4 Å². The Morgan fingerprint density at radius 1 is 0.955 bits per heavy atom. The third kappa shape index (κ3) is 7.18. The van der Waals surface area contributed by atoms with Crippen molar-refractivity contribution < 1.29 is 73.8 Å². The highest BCUT2D eigenvalue weighted by Gasteiger charge is 2.60. The number of carbonyl (C=O) groups excluding carboxylic acids is 2. The molecule has 15 heteroatoms. The van der Waals surface area contributed by atoms with Gasteiger partial charge in [-0.05, 0) is 35.9 Å². The number of hydrogen-bond acceptors (Lipinski definition) is 15. The van der Waals surface area contributed by atoms with E-state index in [1.54, 1.807) is 18.2 Å². The second kappa shape index (κ2) is 14.4. The van der Waals surface area contributed by atoms with Crippen molar-refractivity contribution in [1.82, 2.24) is 0 Å². The predicted molar refractivity (Wildman–Crippen MR) is 146 cm³/mol. The van der Waals surface area contributed by atoms with E-state index in [2.05, 4.69) is 0 Å². The standard InChI is InChI=1S/C29H34O15/c1-39-18-11-15(7-9-17(18)32)8-10-21(33)42-26-23(35)19(12-30)43-29(26,14-31)44-28-25(37)24(36)22(34)20(41-28)13-40-27(38)16-5-3-2-4-6-16/h2-11,19-20,22-26,28,30-32,34-37H,12-14H2,1H3/t19-,20-,22-,23-,24+,25-,26-,28+,29-/m1/s1. The molecule has 2 fully saturated rings. The third-order valence-corrected chi connectivity index (χ3v) is 7.11. The first-order valence-electron chi connectivity index (χ1n) is 13.5. The van der Waals surface area contributed by atoms with Gasteiger partial charge in [0, 0.05) is 6.08 Å². The molecule has 2 aliphatic rings. The van der Waals surface area contributed by atoms with Gasteiger partial charge in [0.15, 0.2) is 23.9 Å². The van der Waals surface area contributed by atoms with Crippen LogP contribution < -0.4 is 4.74 Å². The Kier molecular flexibility index (Phi) is 10.9. The number of phenols is 1. The Morgan fingerprint density at radius 3 is 2.34 bits per heavy atom. The maximum Gasteiger partial charge on any atom is 0.338 e. The summed E-state index contributed by atoms with van der Waals surface area (Å²) < 4.78 is 32.4. The van der Waals surface area contributed by atoms with Gasteiger partial charge in [-0.25, -0.2) is 9.59 Å². The smallest absolute Gasteiger partial charge is 0.338 e. The number of aromatic hydroxyl groups is 1. The molecule has 0 aliphatic carbocycles. The van der Waals surface area contributed by atoms with E-state index in [0.717, 1.165) is 6.08 Å². The second-order valence-corrected chi connectivity index (χ2v) is 10.0. The van der Waals surface area contributed by atoms with Crippen molar-refractivity contribution in [3.63, 3.8) is 0 Å². The maximum absolute atomic E-state index is 12.7. The summed E-state index contributed by atoms with van der Waals surface area (Å²) in [5, 5.41) is 72.1. The van der Waals surface area contributed by atoms with Gasteiger partial charge in [-0.15, -0.1) is 0 Å². The average molecular weight is 623 g/mol. The van der Waals surface area contributed by atoms with E-state index >= 15 is 0 Å². The van der Waals surface area contributed by atoms with E-state index in [1.807, 2.05) is 0 Å². The zero-order valence-electron chi connectivity index (χ0n) is 23.4. The summed E-state index contributed by atoms with van der Waals surface area (Å²) in [7, 11) is 1.34. The van der Waals surface area contributed by atoms with Crippen LogP contribution in [0.1, 0.15) is 15.9 Å². The molecular formula is C29H34O15. The highest BCUT2D eigenvalue weighted by atomic mass is 16.8. The zero-order chi connectivity index (χ0) is 32.0. The van der Waals surface area contributed by atoms with Gasteiger partial charge in [0.25, 0.3) is 0 Å². The quantitative estimate of drug-likeness (QED) is 0.111. The second-order valence-electron chi connectivity index (χ2n) is 10.0. The fourth-order valence-corrected chi connectivity index (χ4v) is 4.70. The van der Waals surface area contributed by atoms with Crippen molar-refractivity contribution in [2.45, 2.75) is 54.8 Å². The number of ether oxygens (including phenoxy) is 6. The van der Waals surface area contributed by atoms with Crippen molar-refractivity contribution in [1.29, 1.82) is 0 Å². The lowest BCUT2D eigenvalue weighted by Gasteiger charge is -2.43. The largest absolute Gasteiger partial charge is 0.504 e. The lowest BCUT2D eigenvalue weighted by Crippen LogP contribution is -2.63. The van der Waals surface area contributed by atoms with E-state index in [9.17, 15) is 45.3 Å². The SMILES string of the molecule is COc1cc(C=CC(=O)O[C@@H]2[C@H](O)[C@@H](CO)O[C@]2(CO)O[C@@H]2O[C@H](COC(=O)c3ccccc3)[C@@H](O)[C@H](O)[C@H]2O)ccc1O. The van der Waals surface area contributed by atoms with Crippen LogP contribution in [0.5, 0.6) is 11.5 Å². The number of aliphatic hydroxyl groups excluding tert-OH is 6. The van der Waals surface area contributed by atoms with Gasteiger partial charge < -0.3 is 64.2 Å². The molecule has 2 aromatic carbocycles. The fourth-order valence-electron chi connectivity index (χ4n) is 4.70. The average Bonchev–Trinajstić information content (AvgIpc) is 3.30. The minimum atomic E-state index is -2.43. The van der Waals surface area contributed by atoms with Crippen LogP contribution in [0, 0.1) is 0 Å². The highest BCUT2D eigenvalue weighted by Crippen LogP contribution is 2.38. The molecule has 2 saturated heterocycles. The molecule has 44 heavy (non-hydrogen) atoms. The van der Waals surface area contributed by atoms with Gasteiger partial charge in [0.1, 0.15) is 49.8 Å². The summed E-state index contributed by atoms with van der Waals surface area (Å²) in [5.41, 5.74) is 0.639. The topological polar surface area (TPSA) is 231 Å². The number of aliphatic hydroxyl groups is 6.